The smallest absolute Gasteiger partial charge is 0.289 e. The number of halogens is 5. The summed E-state index contributed by atoms with van der Waals surface area (Å²) in [5, 5.41) is 3.64. The highest BCUT2D eigenvalue weighted by Crippen LogP contribution is 2.39. The topological polar surface area (TPSA) is 48.5 Å². The number of hydrogen-bond acceptors (Lipinski definition) is 3. The summed E-state index contributed by atoms with van der Waals surface area (Å²) >= 11 is 11.9. The van der Waals surface area contributed by atoms with E-state index < -0.39 is 16.9 Å². The Morgan fingerprint density at radius 3 is 2.48 bits per heavy atom. The van der Waals surface area contributed by atoms with E-state index in [4.69, 9.17) is 23.2 Å². The number of imidazole rings is 1. The highest BCUT2D eigenvalue weighted by atomic mass is 35.5. The minimum Gasteiger partial charge on any atom is -0.289 e. The summed E-state index contributed by atoms with van der Waals surface area (Å²) in [6, 6.07) is 2.97. The van der Waals surface area contributed by atoms with Crippen LogP contribution in [0.5, 0.6) is 0 Å². The third-order valence-electron chi connectivity index (χ3n) is 3.08. The van der Waals surface area contributed by atoms with Gasteiger partial charge in [-0.05, 0) is 12.1 Å². The molecule has 0 unspecified atom stereocenters. The van der Waals surface area contributed by atoms with E-state index in [2.05, 4.69) is 15.1 Å². The number of rotatable bonds is 2. The molecule has 0 bridgehead atoms. The summed E-state index contributed by atoms with van der Waals surface area (Å²) in [5.41, 5.74) is -0.927. The standard InChI is InChI=1S/C13H8Cl2F3N5/c1-22-11(13(16,17)18)9(15)10(21-22)8-3-2-7(14)12(20-8)23-5-4-19-6-23/h2-6H,1H3. The molecule has 3 heterocycles. The summed E-state index contributed by atoms with van der Waals surface area (Å²) in [4.78, 5) is 8.13. The molecule has 0 atom stereocenters. The first kappa shape index (κ1) is 15.8. The van der Waals surface area contributed by atoms with Gasteiger partial charge in [0.25, 0.3) is 0 Å². The van der Waals surface area contributed by atoms with E-state index in [-0.39, 0.29) is 11.4 Å². The lowest BCUT2D eigenvalue weighted by atomic mass is 10.2. The van der Waals surface area contributed by atoms with E-state index in [0.29, 0.717) is 15.5 Å². The Labute approximate surface area is 138 Å². The first-order chi connectivity index (χ1) is 10.8. The van der Waals surface area contributed by atoms with Crippen LogP contribution in [0.1, 0.15) is 5.69 Å². The highest BCUT2D eigenvalue weighted by Gasteiger charge is 2.39. The highest BCUT2D eigenvalue weighted by molar-refractivity contribution is 6.34. The lowest BCUT2D eigenvalue weighted by Gasteiger charge is -2.07. The van der Waals surface area contributed by atoms with E-state index >= 15 is 0 Å². The average Bonchev–Trinajstić information content (AvgIpc) is 3.07. The predicted octanol–water partition coefficient (Wildman–Crippen LogP) is 3.99. The minimum absolute atomic E-state index is 0.0699. The first-order valence-corrected chi connectivity index (χ1v) is 6.99. The molecule has 0 N–H and O–H groups in total. The molecule has 3 aromatic heterocycles. The summed E-state index contributed by atoms with van der Waals surface area (Å²) in [5.74, 6) is 0.317. The Morgan fingerprint density at radius 2 is 1.91 bits per heavy atom. The van der Waals surface area contributed by atoms with E-state index in [9.17, 15) is 13.2 Å². The third kappa shape index (κ3) is 2.79. The molecule has 0 radical (unpaired) electrons. The second-order valence-corrected chi connectivity index (χ2v) is 5.39. The molecule has 5 nitrogen and oxygen atoms in total. The van der Waals surface area contributed by atoms with Crippen molar-refractivity contribution in [3.63, 3.8) is 0 Å². The normalized spacial score (nSPS) is 11.9. The fourth-order valence-electron chi connectivity index (χ4n) is 2.10. The molecule has 0 aliphatic heterocycles. The second kappa shape index (κ2) is 5.54. The van der Waals surface area contributed by atoms with Crippen LogP contribution in [0, 0.1) is 0 Å². The maximum Gasteiger partial charge on any atom is 0.434 e. The van der Waals surface area contributed by atoms with Gasteiger partial charge in [-0.2, -0.15) is 18.3 Å². The molecule has 0 aliphatic carbocycles. The zero-order valence-corrected chi connectivity index (χ0v) is 13.0. The third-order valence-corrected chi connectivity index (χ3v) is 3.73. The van der Waals surface area contributed by atoms with Crippen molar-refractivity contribution >= 4 is 23.2 Å². The number of nitrogens with zero attached hydrogens (tertiary/aromatic N) is 5. The van der Waals surface area contributed by atoms with Crippen molar-refractivity contribution < 1.29 is 13.2 Å². The SMILES string of the molecule is Cn1nc(-c2ccc(Cl)c(-n3ccnc3)n2)c(Cl)c1C(F)(F)F. The van der Waals surface area contributed by atoms with Gasteiger partial charge >= 0.3 is 6.18 Å². The molecule has 0 saturated heterocycles. The number of alkyl halides is 3. The van der Waals surface area contributed by atoms with Crippen LogP contribution in [-0.2, 0) is 13.2 Å². The van der Waals surface area contributed by atoms with Gasteiger partial charge < -0.3 is 0 Å². The Bertz CT molecular complexity index is 855. The second-order valence-electron chi connectivity index (χ2n) is 4.60. The number of aryl methyl sites for hydroxylation is 1. The largest absolute Gasteiger partial charge is 0.434 e. The molecule has 0 spiro atoms. The quantitative estimate of drug-likeness (QED) is 0.693. The molecule has 0 saturated carbocycles. The van der Waals surface area contributed by atoms with Gasteiger partial charge in [0.1, 0.15) is 17.0 Å². The Hall–Kier alpha value is -2.06. The summed E-state index contributed by atoms with van der Waals surface area (Å²) < 4.78 is 41.2. The molecular weight excluding hydrogens is 354 g/mol. The fourth-order valence-corrected chi connectivity index (χ4v) is 2.67. The zero-order chi connectivity index (χ0) is 16.8. The summed E-state index contributed by atoms with van der Waals surface area (Å²) in [6.45, 7) is 0. The summed E-state index contributed by atoms with van der Waals surface area (Å²) in [7, 11) is 1.17. The van der Waals surface area contributed by atoms with Crippen LogP contribution in [0.3, 0.4) is 0 Å². The van der Waals surface area contributed by atoms with E-state index in [0.717, 1.165) is 0 Å². The average molecular weight is 362 g/mol. The minimum atomic E-state index is -4.61. The molecule has 0 aliphatic rings. The first-order valence-electron chi connectivity index (χ1n) is 6.24. The number of pyridine rings is 1. The maximum absolute atomic E-state index is 13.0. The molecule has 3 rings (SSSR count). The zero-order valence-electron chi connectivity index (χ0n) is 11.5. The van der Waals surface area contributed by atoms with Gasteiger partial charge in [0.2, 0.25) is 0 Å². The van der Waals surface area contributed by atoms with Crippen molar-refractivity contribution in [2.75, 3.05) is 0 Å². The van der Waals surface area contributed by atoms with Gasteiger partial charge in [-0.1, -0.05) is 23.2 Å². The Morgan fingerprint density at radius 1 is 1.17 bits per heavy atom. The van der Waals surface area contributed by atoms with Crippen molar-refractivity contribution in [2.45, 2.75) is 6.18 Å². The van der Waals surface area contributed by atoms with Crippen molar-refractivity contribution in [3.05, 3.63) is 46.6 Å². The molecular formula is C13H8Cl2F3N5. The van der Waals surface area contributed by atoms with Crippen LogP contribution < -0.4 is 0 Å². The van der Waals surface area contributed by atoms with Crippen LogP contribution in [0.15, 0.2) is 30.9 Å². The van der Waals surface area contributed by atoms with Gasteiger partial charge in [-0.25, -0.2) is 9.97 Å². The molecule has 0 amide bonds. The van der Waals surface area contributed by atoms with Crippen LogP contribution in [0.2, 0.25) is 10.0 Å². The molecule has 3 aromatic rings. The molecule has 0 aromatic carbocycles. The lowest BCUT2D eigenvalue weighted by molar-refractivity contribution is -0.143. The maximum atomic E-state index is 13.0. The van der Waals surface area contributed by atoms with E-state index in [1.165, 1.54) is 36.3 Å². The number of aromatic nitrogens is 5. The molecule has 10 heteroatoms. The molecule has 23 heavy (non-hydrogen) atoms. The van der Waals surface area contributed by atoms with Gasteiger partial charge in [-0.15, -0.1) is 0 Å². The molecule has 120 valence electrons. The monoisotopic (exact) mass is 361 g/mol. The van der Waals surface area contributed by atoms with E-state index in [1.54, 1.807) is 6.20 Å². The van der Waals surface area contributed by atoms with Gasteiger partial charge in [-0.3, -0.25) is 9.25 Å². The fraction of sp³-hybridized carbons (Fsp3) is 0.154. The van der Waals surface area contributed by atoms with Crippen LogP contribution in [-0.4, -0.2) is 24.3 Å². The molecule has 0 fully saturated rings. The van der Waals surface area contributed by atoms with Crippen LogP contribution in [0.4, 0.5) is 13.2 Å². The summed E-state index contributed by atoms with van der Waals surface area (Å²) in [6.07, 6.45) is -0.00476. The van der Waals surface area contributed by atoms with E-state index in [1.807, 2.05) is 0 Å². The number of hydrogen-bond donors (Lipinski definition) is 0. The van der Waals surface area contributed by atoms with Gasteiger partial charge in [0.05, 0.1) is 10.7 Å². The van der Waals surface area contributed by atoms with Crippen LogP contribution >= 0.6 is 23.2 Å². The lowest BCUT2D eigenvalue weighted by Crippen LogP contribution is -2.12. The van der Waals surface area contributed by atoms with Crippen molar-refractivity contribution in [1.29, 1.82) is 0 Å². The predicted molar refractivity (Wildman–Crippen MR) is 78.6 cm³/mol. The Kier molecular flexibility index (Phi) is 3.81. The van der Waals surface area contributed by atoms with Gasteiger partial charge in [0, 0.05) is 19.4 Å². The Balaban J connectivity index is 2.16. The van der Waals surface area contributed by atoms with Gasteiger partial charge in [0.15, 0.2) is 11.5 Å². The van der Waals surface area contributed by atoms with Crippen molar-refractivity contribution in [2.24, 2.45) is 7.05 Å². The van der Waals surface area contributed by atoms with Crippen LogP contribution in [0.25, 0.3) is 17.2 Å². The van der Waals surface area contributed by atoms with Crippen molar-refractivity contribution in [3.8, 4) is 17.2 Å². The van der Waals surface area contributed by atoms with Crippen molar-refractivity contribution in [1.82, 2.24) is 24.3 Å².